The lowest BCUT2D eigenvalue weighted by molar-refractivity contribution is -0.0705. The predicted molar refractivity (Wildman–Crippen MR) is 113 cm³/mol. The molecule has 0 amide bonds. The molecule has 0 radical (unpaired) electrons. The zero-order valence-corrected chi connectivity index (χ0v) is 17.4. The molecule has 146 valence electrons. The zero-order valence-electron chi connectivity index (χ0n) is 16.6. The average molecular weight is 379 g/mol. The van der Waals surface area contributed by atoms with Crippen molar-refractivity contribution in [1.82, 2.24) is 15.5 Å². The van der Waals surface area contributed by atoms with E-state index in [4.69, 9.17) is 9.73 Å². The summed E-state index contributed by atoms with van der Waals surface area (Å²) in [6.45, 7) is 11.8. The van der Waals surface area contributed by atoms with Gasteiger partial charge in [0.15, 0.2) is 5.96 Å². The fraction of sp³-hybridized carbons (Fsp3) is 0.650. The van der Waals surface area contributed by atoms with Crippen molar-refractivity contribution in [3.8, 4) is 0 Å². The average Bonchev–Trinajstić information content (AvgIpc) is 2.60. The lowest BCUT2D eigenvalue weighted by Gasteiger charge is -2.35. The maximum absolute atomic E-state index is 5.86. The molecule has 2 rings (SSSR count). The van der Waals surface area contributed by atoms with Crippen LogP contribution in [0.3, 0.4) is 0 Å². The Bertz CT molecular complexity index is 556. The van der Waals surface area contributed by atoms with Crippen molar-refractivity contribution in [1.29, 1.82) is 0 Å². The van der Waals surface area contributed by atoms with Crippen LogP contribution < -0.4 is 10.6 Å². The Morgan fingerprint density at radius 2 is 1.88 bits per heavy atom. The minimum Gasteiger partial charge on any atom is -0.373 e. The minimum atomic E-state index is 0.296. The lowest BCUT2D eigenvalue weighted by atomic mass is 10.1. The number of morpholine rings is 1. The molecule has 2 N–H and O–H groups in total. The van der Waals surface area contributed by atoms with Gasteiger partial charge in [-0.2, -0.15) is 11.8 Å². The first kappa shape index (κ1) is 21.1. The molecule has 1 aromatic rings. The number of rotatable bonds is 8. The van der Waals surface area contributed by atoms with Gasteiger partial charge in [0.1, 0.15) is 0 Å². The highest BCUT2D eigenvalue weighted by atomic mass is 32.2. The molecule has 0 aromatic heterocycles. The first-order valence-electron chi connectivity index (χ1n) is 9.58. The van der Waals surface area contributed by atoms with E-state index in [1.165, 1.54) is 11.1 Å². The molecule has 6 heteroatoms. The monoisotopic (exact) mass is 378 g/mol. The molecule has 2 atom stereocenters. The van der Waals surface area contributed by atoms with Crippen LogP contribution in [0.5, 0.6) is 0 Å². The Labute approximate surface area is 163 Å². The van der Waals surface area contributed by atoms with Crippen molar-refractivity contribution in [2.24, 2.45) is 4.99 Å². The van der Waals surface area contributed by atoms with E-state index in [1.807, 2.05) is 11.8 Å². The number of nitrogens with zero attached hydrogens (tertiary/aromatic N) is 2. The molecule has 0 aliphatic carbocycles. The third-order valence-electron chi connectivity index (χ3n) is 4.36. The first-order chi connectivity index (χ1) is 12.6. The highest BCUT2D eigenvalue weighted by Crippen LogP contribution is 2.17. The van der Waals surface area contributed by atoms with Crippen LogP contribution in [0.2, 0.25) is 0 Å². The second-order valence-corrected chi connectivity index (χ2v) is 7.82. The predicted octanol–water partition coefficient (Wildman–Crippen LogP) is 2.71. The van der Waals surface area contributed by atoms with Crippen LogP contribution >= 0.6 is 11.8 Å². The number of nitrogens with one attached hydrogen (secondary N) is 2. The summed E-state index contributed by atoms with van der Waals surface area (Å²) in [7, 11) is 0. The highest BCUT2D eigenvalue weighted by Gasteiger charge is 2.22. The molecule has 5 nitrogen and oxygen atoms in total. The molecule has 1 heterocycles. The maximum Gasteiger partial charge on any atom is 0.191 e. The van der Waals surface area contributed by atoms with E-state index in [0.717, 1.165) is 44.4 Å². The van der Waals surface area contributed by atoms with Crippen molar-refractivity contribution in [2.45, 2.75) is 46.1 Å². The van der Waals surface area contributed by atoms with Crippen molar-refractivity contribution in [3.05, 3.63) is 35.4 Å². The summed E-state index contributed by atoms with van der Waals surface area (Å²) < 4.78 is 5.86. The van der Waals surface area contributed by atoms with Gasteiger partial charge >= 0.3 is 0 Å². The number of hydrogen-bond acceptors (Lipinski definition) is 4. The van der Waals surface area contributed by atoms with Gasteiger partial charge in [0.2, 0.25) is 0 Å². The molecule has 1 aliphatic rings. The largest absolute Gasteiger partial charge is 0.373 e. The molecule has 1 aromatic carbocycles. The Hall–Kier alpha value is -1.24. The molecule has 26 heavy (non-hydrogen) atoms. The van der Waals surface area contributed by atoms with E-state index in [1.54, 1.807) is 0 Å². The summed E-state index contributed by atoms with van der Waals surface area (Å²) >= 11 is 1.84. The molecule has 1 aliphatic heterocycles. The molecule has 0 saturated carbocycles. The minimum absolute atomic E-state index is 0.296. The van der Waals surface area contributed by atoms with Crippen LogP contribution in [0.1, 0.15) is 31.9 Å². The molecule has 1 fully saturated rings. The normalized spacial score (nSPS) is 21.6. The maximum atomic E-state index is 5.86. The second-order valence-electron chi connectivity index (χ2n) is 6.83. The zero-order chi connectivity index (χ0) is 18.8. The van der Waals surface area contributed by atoms with Gasteiger partial charge < -0.3 is 15.4 Å². The number of aliphatic imine (C=N–C) groups is 1. The Morgan fingerprint density at radius 1 is 1.19 bits per heavy atom. The van der Waals surface area contributed by atoms with Gasteiger partial charge in [-0.15, -0.1) is 0 Å². The van der Waals surface area contributed by atoms with E-state index in [0.29, 0.717) is 18.8 Å². The van der Waals surface area contributed by atoms with Crippen LogP contribution in [0, 0.1) is 0 Å². The van der Waals surface area contributed by atoms with Gasteiger partial charge in [-0.05, 0) is 38.2 Å². The number of benzene rings is 1. The summed E-state index contributed by atoms with van der Waals surface area (Å²) in [6.07, 6.45) is 2.71. The molecule has 2 unspecified atom stereocenters. The molecular formula is C20H34N4OS. The third-order valence-corrected chi connectivity index (χ3v) is 4.97. The van der Waals surface area contributed by atoms with Crippen molar-refractivity contribution in [2.75, 3.05) is 38.2 Å². The van der Waals surface area contributed by atoms with Crippen LogP contribution in [0.4, 0.5) is 0 Å². The van der Waals surface area contributed by atoms with Gasteiger partial charge in [0.05, 0.1) is 18.8 Å². The van der Waals surface area contributed by atoms with Crippen molar-refractivity contribution in [3.63, 3.8) is 0 Å². The standard InChI is InChI=1S/C20H34N4OS/c1-5-21-20(22-10-11-26-4)23-12-18-8-6-7-9-19(18)15-24-13-16(2)25-17(3)14-24/h6-9,16-17H,5,10-15H2,1-4H3,(H2,21,22,23). The van der Waals surface area contributed by atoms with Crippen molar-refractivity contribution < 1.29 is 4.74 Å². The Balaban J connectivity index is 2.01. The number of hydrogen-bond donors (Lipinski definition) is 2. The number of thioether (sulfide) groups is 1. The molecular weight excluding hydrogens is 344 g/mol. The summed E-state index contributed by atoms with van der Waals surface area (Å²) in [5, 5.41) is 6.72. The van der Waals surface area contributed by atoms with Crippen LogP contribution in [-0.4, -0.2) is 61.3 Å². The Morgan fingerprint density at radius 3 is 2.54 bits per heavy atom. The fourth-order valence-corrected chi connectivity index (χ4v) is 3.60. The number of guanidine groups is 1. The number of ether oxygens (including phenoxy) is 1. The van der Waals surface area contributed by atoms with Crippen molar-refractivity contribution >= 4 is 17.7 Å². The van der Waals surface area contributed by atoms with Crippen LogP contribution in [-0.2, 0) is 17.8 Å². The van der Waals surface area contributed by atoms with Crippen LogP contribution in [0.15, 0.2) is 29.3 Å². The molecule has 0 bridgehead atoms. The lowest BCUT2D eigenvalue weighted by Crippen LogP contribution is -2.44. The van der Waals surface area contributed by atoms with E-state index < -0.39 is 0 Å². The smallest absolute Gasteiger partial charge is 0.191 e. The van der Waals surface area contributed by atoms with Crippen LogP contribution in [0.25, 0.3) is 0 Å². The van der Waals surface area contributed by atoms with E-state index in [2.05, 4.69) is 66.8 Å². The SMILES string of the molecule is CCNC(=NCc1ccccc1CN1CC(C)OC(C)C1)NCCSC. The summed E-state index contributed by atoms with van der Waals surface area (Å²) in [6, 6.07) is 8.64. The highest BCUT2D eigenvalue weighted by molar-refractivity contribution is 7.98. The quantitative estimate of drug-likeness (QED) is 0.414. The topological polar surface area (TPSA) is 48.9 Å². The summed E-state index contributed by atoms with van der Waals surface area (Å²) in [4.78, 5) is 7.27. The van der Waals surface area contributed by atoms with Gasteiger partial charge in [0, 0.05) is 38.5 Å². The first-order valence-corrected chi connectivity index (χ1v) is 11.0. The van der Waals surface area contributed by atoms with Gasteiger partial charge in [-0.1, -0.05) is 24.3 Å². The Kier molecular flexibility index (Phi) is 9.29. The third kappa shape index (κ3) is 7.17. The van der Waals surface area contributed by atoms with E-state index >= 15 is 0 Å². The van der Waals surface area contributed by atoms with E-state index in [9.17, 15) is 0 Å². The summed E-state index contributed by atoms with van der Waals surface area (Å²) in [5.74, 6) is 1.97. The van der Waals surface area contributed by atoms with Gasteiger partial charge in [-0.25, -0.2) is 4.99 Å². The van der Waals surface area contributed by atoms with Gasteiger partial charge in [-0.3, -0.25) is 4.90 Å². The molecule has 0 spiro atoms. The van der Waals surface area contributed by atoms with Gasteiger partial charge in [0.25, 0.3) is 0 Å². The fourth-order valence-electron chi connectivity index (χ4n) is 3.30. The second kappa shape index (κ2) is 11.5. The summed E-state index contributed by atoms with van der Waals surface area (Å²) in [5.41, 5.74) is 2.65. The van der Waals surface area contributed by atoms with E-state index in [-0.39, 0.29) is 0 Å². The molecule has 1 saturated heterocycles.